The van der Waals surface area contributed by atoms with Crippen molar-refractivity contribution in [2.45, 2.75) is 37.6 Å². The summed E-state index contributed by atoms with van der Waals surface area (Å²) in [6.45, 7) is 1.05. The molecule has 2 aliphatic carbocycles. The molecule has 0 saturated carbocycles. The number of carbonyl (C=O) groups excluding carboxylic acids is 4. The maximum absolute atomic E-state index is 13.1. The van der Waals surface area contributed by atoms with E-state index in [1.165, 1.54) is 26.2 Å². The van der Waals surface area contributed by atoms with Gasteiger partial charge in [0.25, 0.3) is 0 Å². The summed E-state index contributed by atoms with van der Waals surface area (Å²) in [6, 6.07) is 5.91. The van der Waals surface area contributed by atoms with E-state index in [9.17, 15) is 39.6 Å². The summed E-state index contributed by atoms with van der Waals surface area (Å²) < 4.78 is 9.54. The van der Waals surface area contributed by atoms with Gasteiger partial charge in [-0.25, -0.2) is 4.79 Å². The fraction of sp³-hybridized carbons (Fsp3) is 0.333. The van der Waals surface area contributed by atoms with E-state index in [2.05, 4.69) is 10.1 Å². The van der Waals surface area contributed by atoms with Crippen molar-refractivity contribution in [3.63, 3.8) is 0 Å². The summed E-state index contributed by atoms with van der Waals surface area (Å²) in [7, 11) is 1.18. The highest BCUT2D eigenvalue weighted by molar-refractivity contribution is 6.30. The van der Waals surface area contributed by atoms with Gasteiger partial charge in [-0.15, -0.1) is 0 Å². The molecule has 0 fully saturated rings. The number of alkyl carbamates (subject to hydrolysis) is 1. The number of methoxy groups -OCH3 is 1. The molecule has 5 N–H and O–H groups in total. The van der Waals surface area contributed by atoms with Gasteiger partial charge in [0, 0.05) is 41.6 Å². The molecule has 184 valence electrons. The Kier molecular flexibility index (Phi) is 5.78. The topological polar surface area (TPSA) is 180 Å². The third-order valence-electron chi connectivity index (χ3n) is 6.14. The second-order valence-electron chi connectivity index (χ2n) is 8.72. The van der Waals surface area contributed by atoms with E-state index in [1.54, 1.807) is 12.1 Å². The van der Waals surface area contributed by atoms with Crippen LogP contribution in [-0.2, 0) is 26.3 Å². The number of ether oxygens (including phenoxy) is 2. The molecular formula is C24H23NO10. The maximum atomic E-state index is 13.1. The molecule has 4 rings (SSSR count). The number of hydrogen-bond donors (Lipinski definition) is 5. The van der Waals surface area contributed by atoms with Crippen molar-refractivity contribution in [2.24, 2.45) is 0 Å². The van der Waals surface area contributed by atoms with Gasteiger partial charge in [0.1, 0.15) is 11.5 Å². The van der Waals surface area contributed by atoms with Gasteiger partial charge >= 0.3 is 12.1 Å². The monoisotopic (exact) mass is 485 g/mol. The van der Waals surface area contributed by atoms with E-state index < -0.39 is 70.5 Å². The number of phenolic OH excluding ortho intramolecular Hbond substituents is 2. The lowest BCUT2D eigenvalue weighted by Crippen LogP contribution is -2.49. The predicted molar refractivity (Wildman–Crippen MR) is 117 cm³/mol. The molecule has 35 heavy (non-hydrogen) atoms. The van der Waals surface area contributed by atoms with Crippen LogP contribution < -0.4 is 5.32 Å². The molecule has 1 amide bonds. The summed E-state index contributed by atoms with van der Waals surface area (Å²) in [5, 5.41) is 46.4. The summed E-state index contributed by atoms with van der Waals surface area (Å²) in [5.74, 6) is -5.78. The van der Waals surface area contributed by atoms with E-state index in [4.69, 9.17) is 4.74 Å². The Bertz CT molecular complexity index is 1280. The van der Waals surface area contributed by atoms with Crippen LogP contribution in [0.3, 0.4) is 0 Å². The molecule has 2 aromatic carbocycles. The van der Waals surface area contributed by atoms with E-state index in [-0.39, 0.29) is 35.2 Å². The number of rotatable bonds is 4. The quantitative estimate of drug-likeness (QED) is 0.203. The molecular weight excluding hydrogens is 462 g/mol. The summed E-state index contributed by atoms with van der Waals surface area (Å²) >= 11 is 0. The Morgan fingerprint density at radius 3 is 2.17 bits per heavy atom. The van der Waals surface area contributed by atoms with Gasteiger partial charge in [0.15, 0.2) is 11.6 Å². The van der Waals surface area contributed by atoms with Crippen molar-refractivity contribution in [3.8, 4) is 11.5 Å². The Hall–Kier alpha value is -3.96. The van der Waals surface area contributed by atoms with Gasteiger partial charge in [-0.3, -0.25) is 14.4 Å². The van der Waals surface area contributed by atoms with Crippen LogP contribution in [0.2, 0.25) is 0 Å². The van der Waals surface area contributed by atoms with E-state index >= 15 is 0 Å². The highest BCUT2D eigenvalue weighted by atomic mass is 16.7. The zero-order valence-electron chi connectivity index (χ0n) is 18.9. The number of fused-ring (bicyclic) bond motifs is 3. The third kappa shape index (κ3) is 3.98. The number of nitrogens with one attached hydrogen (secondary N) is 1. The van der Waals surface area contributed by atoms with Crippen molar-refractivity contribution in [3.05, 3.63) is 57.6 Å². The number of esters is 1. The minimum absolute atomic E-state index is 0.0266. The van der Waals surface area contributed by atoms with Crippen LogP contribution in [0, 0.1) is 0 Å². The van der Waals surface area contributed by atoms with Crippen molar-refractivity contribution in [1.82, 2.24) is 5.32 Å². The molecule has 2 atom stereocenters. The number of aromatic hydroxyl groups is 2. The zero-order valence-corrected chi connectivity index (χ0v) is 18.9. The predicted octanol–water partition coefficient (Wildman–Crippen LogP) is 1.00. The SMILES string of the molecule is COC(=O)CCNC(=O)OC1(O)Cc2c(O)c3c(c(O)c2[C@@](C)(O)C1)C(=O)c1ccccc1C3=O. The minimum atomic E-state index is -2.36. The average molecular weight is 485 g/mol. The normalized spacial score (nSPS) is 22.5. The molecule has 11 heteroatoms. The van der Waals surface area contributed by atoms with Crippen molar-refractivity contribution in [1.29, 1.82) is 0 Å². The lowest BCUT2D eigenvalue weighted by molar-refractivity contribution is -0.203. The van der Waals surface area contributed by atoms with Crippen LogP contribution in [0.4, 0.5) is 4.79 Å². The molecule has 0 aliphatic heterocycles. The second-order valence-corrected chi connectivity index (χ2v) is 8.72. The van der Waals surface area contributed by atoms with Crippen LogP contribution in [0.25, 0.3) is 0 Å². The number of carbonyl (C=O) groups is 4. The fourth-order valence-corrected chi connectivity index (χ4v) is 4.73. The maximum Gasteiger partial charge on any atom is 0.409 e. The number of amides is 1. The Morgan fingerprint density at radius 2 is 1.60 bits per heavy atom. The number of benzene rings is 2. The first-order valence-electron chi connectivity index (χ1n) is 10.7. The summed E-state index contributed by atoms with van der Waals surface area (Å²) in [6.07, 6.45) is -2.48. The largest absolute Gasteiger partial charge is 0.507 e. The average Bonchev–Trinajstić information content (AvgIpc) is 2.78. The zero-order chi connectivity index (χ0) is 25.7. The molecule has 1 unspecified atom stereocenters. The minimum Gasteiger partial charge on any atom is -0.507 e. The lowest BCUT2D eigenvalue weighted by atomic mass is 9.71. The van der Waals surface area contributed by atoms with Gasteiger partial charge in [-0.1, -0.05) is 24.3 Å². The Labute approximate surface area is 198 Å². The third-order valence-corrected chi connectivity index (χ3v) is 6.14. The molecule has 2 aliphatic rings. The first-order valence-corrected chi connectivity index (χ1v) is 10.7. The highest BCUT2D eigenvalue weighted by Gasteiger charge is 2.51. The van der Waals surface area contributed by atoms with Gasteiger partial charge in [0.05, 0.1) is 30.3 Å². The standard InChI is InChI=1S/C24H23NO10/c1-23(32)10-24(33,35-22(31)25-8-7-14(26)34-2)9-13-17(23)21(30)16-15(20(13)29)18(27)11-5-3-4-6-12(11)19(16)28/h3-6,29-30,32-33H,7-10H2,1-2H3,(H,25,31)/t23-,24?/m0/s1. The molecule has 0 aromatic heterocycles. The number of aliphatic hydroxyl groups is 2. The van der Waals surface area contributed by atoms with Crippen LogP contribution in [0.15, 0.2) is 24.3 Å². The number of ketones is 2. The molecule has 0 bridgehead atoms. The van der Waals surface area contributed by atoms with Gasteiger partial charge in [-0.05, 0) is 6.92 Å². The summed E-state index contributed by atoms with van der Waals surface area (Å²) in [4.78, 5) is 49.6. The number of phenols is 2. The molecule has 11 nitrogen and oxygen atoms in total. The van der Waals surface area contributed by atoms with Gasteiger partial charge in [0.2, 0.25) is 5.79 Å². The summed E-state index contributed by atoms with van der Waals surface area (Å²) in [5.41, 5.74) is -3.43. The first kappa shape index (κ1) is 24.2. The fourth-order valence-electron chi connectivity index (χ4n) is 4.73. The lowest BCUT2D eigenvalue weighted by Gasteiger charge is -2.42. The molecule has 0 spiro atoms. The van der Waals surface area contributed by atoms with Crippen LogP contribution in [0.1, 0.15) is 62.7 Å². The van der Waals surface area contributed by atoms with E-state index in [1.807, 2.05) is 0 Å². The Balaban J connectivity index is 1.73. The van der Waals surface area contributed by atoms with Gasteiger partial charge < -0.3 is 35.2 Å². The smallest absolute Gasteiger partial charge is 0.409 e. The van der Waals surface area contributed by atoms with Crippen LogP contribution in [-0.4, -0.2) is 63.5 Å². The first-order chi connectivity index (χ1) is 16.4. The van der Waals surface area contributed by atoms with Crippen molar-refractivity contribution >= 4 is 23.6 Å². The Morgan fingerprint density at radius 1 is 1.03 bits per heavy atom. The van der Waals surface area contributed by atoms with E-state index in [0.717, 1.165) is 0 Å². The van der Waals surface area contributed by atoms with Crippen molar-refractivity contribution in [2.75, 3.05) is 13.7 Å². The molecule has 0 saturated heterocycles. The van der Waals surface area contributed by atoms with E-state index in [0.29, 0.717) is 0 Å². The van der Waals surface area contributed by atoms with Crippen molar-refractivity contribution < 1.29 is 49.1 Å². The van der Waals surface area contributed by atoms with Crippen LogP contribution in [0.5, 0.6) is 11.5 Å². The number of hydrogen-bond acceptors (Lipinski definition) is 10. The molecule has 0 radical (unpaired) electrons. The van der Waals surface area contributed by atoms with Gasteiger partial charge in [-0.2, -0.15) is 0 Å². The molecule has 2 aromatic rings. The molecule has 0 heterocycles. The second kappa shape index (κ2) is 8.36. The van der Waals surface area contributed by atoms with Crippen LogP contribution >= 0.6 is 0 Å². The highest BCUT2D eigenvalue weighted by Crippen LogP contribution is 2.52.